The summed E-state index contributed by atoms with van der Waals surface area (Å²) in [5, 5.41) is 0. The lowest BCUT2D eigenvalue weighted by atomic mass is 10.0. The first-order valence-corrected chi connectivity index (χ1v) is 11.4. The molecule has 0 saturated carbocycles. The van der Waals surface area contributed by atoms with Gasteiger partial charge in [-0.1, -0.05) is 109 Å². The zero-order valence-corrected chi connectivity index (χ0v) is 17.2. The fraction of sp³-hybridized carbons (Fsp3) is 0.875. The predicted molar refractivity (Wildman–Crippen MR) is 113 cm³/mol. The minimum absolute atomic E-state index is 0.633. The standard InChI is InChI=1S/C24H45O/c1-2-3-4-5-6-7-8-9-10-11-12-13-14-15-16-17-18-19-20-21-22-23-24-25/h9-10H,2-8,11-23H2,1H3. The van der Waals surface area contributed by atoms with Gasteiger partial charge >= 0.3 is 0 Å². The number of allylic oxidation sites excluding steroid dienone is 2. The van der Waals surface area contributed by atoms with Gasteiger partial charge in [0.15, 0.2) is 6.29 Å². The highest BCUT2D eigenvalue weighted by atomic mass is 16.1. The van der Waals surface area contributed by atoms with Gasteiger partial charge in [-0.15, -0.1) is 0 Å². The number of rotatable bonds is 21. The molecule has 0 aromatic rings. The van der Waals surface area contributed by atoms with Crippen LogP contribution in [0.5, 0.6) is 0 Å². The molecular formula is C24H45O. The fourth-order valence-corrected chi connectivity index (χ4v) is 3.33. The Morgan fingerprint density at radius 2 is 0.880 bits per heavy atom. The van der Waals surface area contributed by atoms with E-state index in [-0.39, 0.29) is 0 Å². The summed E-state index contributed by atoms with van der Waals surface area (Å²) in [5.41, 5.74) is 0. The second-order valence-corrected chi connectivity index (χ2v) is 7.60. The summed E-state index contributed by atoms with van der Waals surface area (Å²) < 4.78 is 0. The maximum Gasteiger partial charge on any atom is 0.198 e. The Labute approximate surface area is 159 Å². The van der Waals surface area contributed by atoms with Crippen molar-refractivity contribution in [2.24, 2.45) is 0 Å². The average Bonchev–Trinajstić information content (AvgIpc) is 2.63. The Balaban J connectivity index is 3.04. The normalized spacial score (nSPS) is 11.4. The highest BCUT2D eigenvalue weighted by Crippen LogP contribution is 2.13. The van der Waals surface area contributed by atoms with Crippen LogP contribution >= 0.6 is 0 Å². The lowest BCUT2D eigenvalue weighted by molar-refractivity contribution is 0.533. The van der Waals surface area contributed by atoms with Crippen molar-refractivity contribution < 1.29 is 4.79 Å². The van der Waals surface area contributed by atoms with E-state index in [1.165, 1.54) is 116 Å². The average molecular weight is 350 g/mol. The third-order valence-electron chi connectivity index (χ3n) is 5.04. The van der Waals surface area contributed by atoms with Crippen LogP contribution in [-0.4, -0.2) is 6.29 Å². The van der Waals surface area contributed by atoms with E-state index < -0.39 is 0 Å². The molecule has 1 heteroatoms. The van der Waals surface area contributed by atoms with Crippen LogP contribution < -0.4 is 0 Å². The van der Waals surface area contributed by atoms with Crippen LogP contribution in [0.2, 0.25) is 0 Å². The highest BCUT2D eigenvalue weighted by molar-refractivity contribution is 5.50. The van der Waals surface area contributed by atoms with Gasteiger partial charge in [0, 0.05) is 6.42 Å². The molecule has 1 nitrogen and oxygen atoms in total. The van der Waals surface area contributed by atoms with Gasteiger partial charge in [-0.3, -0.25) is 4.79 Å². The first-order valence-electron chi connectivity index (χ1n) is 11.4. The molecule has 0 aromatic carbocycles. The lowest BCUT2D eigenvalue weighted by Gasteiger charge is -2.02. The molecule has 0 heterocycles. The molecule has 0 fully saturated rings. The number of hydrogen-bond donors (Lipinski definition) is 0. The molecule has 147 valence electrons. The first-order chi connectivity index (χ1) is 12.4. The van der Waals surface area contributed by atoms with Crippen LogP contribution in [-0.2, 0) is 4.79 Å². The quantitative estimate of drug-likeness (QED) is 0.150. The molecule has 0 unspecified atom stereocenters. The molecule has 0 aromatic heterocycles. The monoisotopic (exact) mass is 349 g/mol. The zero-order valence-electron chi connectivity index (χ0n) is 17.2. The molecule has 0 N–H and O–H groups in total. The molecule has 0 aliphatic carbocycles. The van der Waals surface area contributed by atoms with Crippen molar-refractivity contribution >= 4 is 6.29 Å². The van der Waals surface area contributed by atoms with Crippen molar-refractivity contribution in [1.82, 2.24) is 0 Å². The Hall–Kier alpha value is -0.590. The Morgan fingerprint density at radius 1 is 0.520 bits per heavy atom. The fourth-order valence-electron chi connectivity index (χ4n) is 3.33. The van der Waals surface area contributed by atoms with Crippen LogP contribution in [0.15, 0.2) is 12.2 Å². The van der Waals surface area contributed by atoms with Gasteiger partial charge in [0.25, 0.3) is 0 Å². The van der Waals surface area contributed by atoms with Gasteiger partial charge < -0.3 is 0 Å². The minimum Gasteiger partial charge on any atom is -0.291 e. The number of hydrogen-bond acceptors (Lipinski definition) is 1. The second-order valence-electron chi connectivity index (χ2n) is 7.60. The number of carbonyl (C=O) groups excluding carboxylic acids is 1. The first kappa shape index (κ1) is 24.4. The van der Waals surface area contributed by atoms with E-state index in [9.17, 15) is 4.79 Å². The summed E-state index contributed by atoms with van der Waals surface area (Å²) in [6.07, 6.45) is 33.1. The van der Waals surface area contributed by atoms with Gasteiger partial charge in [0.05, 0.1) is 0 Å². The van der Waals surface area contributed by atoms with Crippen LogP contribution in [0.4, 0.5) is 0 Å². The summed E-state index contributed by atoms with van der Waals surface area (Å²) in [4.78, 5) is 10.1. The van der Waals surface area contributed by atoms with E-state index in [0.717, 1.165) is 6.42 Å². The maximum absolute atomic E-state index is 10.1. The van der Waals surface area contributed by atoms with Crippen molar-refractivity contribution in [2.75, 3.05) is 0 Å². The van der Waals surface area contributed by atoms with Gasteiger partial charge in [0.2, 0.25) is 0 Å². The van der Waals surface area contributed by atoms with Gasteiger partial charge in [-0.25, -0.2) is 0 Å². The second kappa shape index (κ2) is 23.4. The summed E-state index contributed by atoms with van der Waals surface area (Å²) >= 11 is 0. The van der Waals surface area contributed by atoms with Crippen molar-refractivity contribution in [3.8, 4) is 0 Å². The molecule has 0 bridgehead atoms. The van der Waals surface area contributed by atoms with Crippen LogP contribution in [0.1, 0.15) is 135 Å². The van der Waals surface area contributed by atoms with Crippen LogP contribution in [0, 0.1) is 0 Å². The minimum atomic E-state index is 0.633. The predicted octanol–water partition coefficient (Wildman–Crippen LogP) is 8.47. The lowest BCUT2D eigenvalue weighted by Crippen LogP contribution is -1.83. The SMILES string of the molecule is CCCCCCCCC=CCCCCCCCCCCCCC[C]=O. The van der Waals surface area contributed by atoms with Crippen LogP contribution in [0.3, 0.4) is 0 Å². The summed E-state index contributed by atoms with van der Waals surface area (Å²) in [7, 11) is 0. The third-order valence-corrected chi connectivity index (χ3v) is 5.04. The van der Waals surface area contributed by atoms with Crippen molar-refractivity contribution in [2.45, 2.75) is 135 Å². The van der Waals surface area contributed by atoms with E-state index in [1.54, 1.807) is 0 Å². The molecular weight excluding hydrogens is 304 g/mol. The molecule has 0 rings (SSSR count). The van der Waals surface area contributed by atoms with Crippen molar-refractivity contribution in [3.05, 3.63) is 12.2 Å². The summed E-state index contributed by atoms with van der Waals surface area (Å²) in [6, 6.07) is 0. The molecule has 0 saturated heterocycles. The van der Waals surface area contributed by atoms with Crippen molar-refractivity contribution in [1.29, 1.82) is 0 Å². The summed E-state index contributed by atoms with van der Waals surface area (Å²) in [6.45, 7) is 2.28. The van der Waals surface area contributed by atoms with E-state index in [4.69, 9.17) is 0 Å². The maximum atomic E-state index is 10.1. The topological polar surface area (TPSA) is 17.1 Å². The molecule has 0 aliphatic heterocycles. The Bertz CT molecular complexity index is 269. The molecule has 0 atom stereocenters. The highest BCUT2D eigenvalue weighted by Gasteiger charge is 1.93. The van der Waals surface area contributed by atoms with E-state index in [1.807, 2.05) is 6.29 Å². The molecule has 0 amide bonds. The smallest absolute Gasteiger partial charge is 0.198 e. The van der Waals surface area contributed by atoms with Crippen molar-refractivity contribution in [3.63, 3.8) is 0 Å². The van der Waals surface area contributed by atoms with E-state index in [2.05, 4.69) is 19.1 Å². The van der Waals surface area contributed by atoms with Crippen LogP contribution in [0.25, 0.3) is 0 Å². The van der Waals surface area contributed by atoms with E-state index in [0.29, 0.717) is 6.42 Å². The third kappa shape index (κ3) is 23.4. The Kier molecular flexibility index (Phi) is 22.9. The molecule has 0 spiro atoms. The largest absolute Gasteiger partial charge is 0.291 e. The molecule has 1 radical (unpaired) electrons. The van der Waals surface area contributed by atoms with E-state index >= 15 is 0 Å². The summed E-state index contributed by atoms with van der Waals surface area (Å²) in [5.74, 6) is 0. The Morgan fingerprint density at radius 3 is 1.28 bits per heavy atom. The zero-order chi connectivity index (χ0) is 18.3. The van der Waals surface area contributed by atoms with Gasteiger partial charge in [-0.05, 0) is 32.1 Å². The van der Waals surface area contributed by atoms with Gasteiger partial charge in [0.1, 0.15) is 0 Å². The molecule has 25 heavy (non-hydrogen) atoms. The molecule has 0 aliphatic rings. The number of unbranched alkanes of at least 4 members (excludes halogenated alkanes) is 18. The van der Waals surface area contributed by atoms with Gasteiger partial charge in [-0.2, -0.15) is 0 Å².